The van der Waals surface area contributed by atoms with Gasteiger partial charge in [-0.25, -0.2) is 14.4 Å². The van der Waals surface area contributed by atoms with Crippen molar-refractivity contribution in [3.05, 3.63) is 77.3 Å². The number of likely N-dealkylation sites (N-methyl/N-ethyl adjacent to an activating group) is 1. The first-order valence-electron chi connectivity index (χ1n) is 7.75. The normalized spacial score (nSPS) is 12.0. The van der Waals surface area contributed by atoms with E-state index >= 15 is 0 Å². The molecule has 0 radical (unpaired) electrons. The summed E-state index contributed by atoms with van der Waals surface area (Å²) in [6, 6.07) is 15.1. The highest BCUT2D eigenvalue weighted by molar-refractivity contribution is 6.30. The van der Waals surface area contributed by atoms with Crippen molar-refractivity contribution in [2.24, 2.45) is 0 Å². The van der Waals surface area contributed by atoms with Crippen LogP contribution in [0.4, 0.5) is 10.2 Å². The van der Waals surface area contributed by atoms with Crippen LogP contribution in [0.25, 0.3) is 11.3 Å². The SMILES string of the molecule is CN(CC(O)c1ccc(F)cc1)c1cc(-c2cccc(Cl)c2)ncn1. The highest BCUT2D eigenvalue weighted by Crippen LogP contribution is 2.24. The second kappa shape index (κ2) is 7.59. The number of anilines is 1. The Balaban J connectivity index is 1.77. The Morgan fingerprint density at radius 1 is 1.12 bits per heavy atom. The minimum absolute atomic E-state index is 0.317. The summed E-state index contributed by atoms with van der Waals surface area (Å²) in [5.41, 5.74) is 2.29. The number of aliphatic hydroxyl groups is 1. The van der Waals surface area contributed by atoms with Crippen LogP contribution in [0.5, 0.6) is 0 Å². The van der Waals surface area contributed by atoms with E-state index in [-0.39, 0.29) is 5.82 Å². The van der Waals surface area contributed by atoms with Gasteiger partial charge in [-0.3, -0.25) is 0 Å². The van der Waals surface area contributed by atoms with E-state index in [0.29, 0.717) is 22.9 Å². The molecule has 1 atom stereocenters. The molecule has 1 unspecified atom stereocenters. The molecule has 0 spiro atoms. The molecule has 2 aromatic carbocycles. The zero-order chi connectivity index (χ0) is 17.8. The van der Waals surface area contributed by atoms with Crippen molar-refractivity contribution in [3.63, 3.8) is 0 Å². The summed E-state index contributed by atoms with van der Waals surface area (Å²) in [4.78, 5) is 10.4. The molecule has 0 aliphatic rings. The maximum atomic E-state index is 13.0. The standard InChI is InChI=1S/C19H17ClFN3O/c1-24(11-18(25)13-5-7-16(21)8-6-13)19-10-17(22-12-23-19)14-3-2-4-15(20)9-14/h2-10,12,18,25H,11H2,1H3. The van der Waals surface area contributed by atoms with Crippen LogP contribution in [0.2, 0.25) is 5.02 Å². The van der Waals surface area contributed by atoms with Crippen molar-refractivity contribution in [2.45, 2.75) is 6.10 Å². The average molecular weight is 358 g/mol. The molecule has 1 aromatic heterocycles. The topological polar surface area (TPSA) is 49.2 Å². The summed E-state index contributed by atoms with van der Waals surface area (Å²) in [6.07, 6.45) is 0.724. The van der Waals surface area contributed by atoms with Crippen LogP contribution in [0.3, 0.4) is 0 Å². The van der Waals surface area contributed by atoms with Gasteiger partial charge in [0.1, 0.15) is 18.0 Å². The highest BCUT2D eigenvalue weighted by Gasteiger charge is 2.13. The predicted molar refractivity (Wildman–Crippen MR) is 97.1 cm³/mol. The van der Waals surface area contributed by atoms with Crippen LogP contribution in [0, 0.1) is 5.82 Å². The molecule has 0 saturated carbocycles. The van der Waals surface area contributed by atoms with Crippen molar-refractivity contribution in [1.82, 2.24) is 9.97 Å². The molecule has 4 nitrogen and oxygen atoms in total. The molecule has 25 heavy (non-hydrogen) atoms. The van der Waals surface area contributed by atoms with E-state index in [1.807, 2.05) is 36.2 Å². The first kappa shape index (κ1) is 17.3. The third-order valence-electron chi connectivity index (χ3n) is 3.87. The Morgan fingerprint density at radius 3 is 2.60 bits per heavy atom. The number of benzene rings is 2. The largest absolute Gasteiger partial charge is 0.387 e. The van der Waals surface area contributed by atoms with Crippen LogP contribution in [-0.2, 0) is 0 Å². The van der Waals surface area contributed by atoms with Gasteiger partial charge in [-0.15, -0.1) is 0 Å². The zero-order valence-corrected chi connectivity index (χ0v) is 14.4. The maximum absolute atomic E-state index is 13.0. The Bertz CT molecular complexity index is 857. The molecule has 3 rings (SSSR count). The van der Waals surface area contributed by atoms with Crippen molar-refractivity contribution >= 4 is 17.4 Å². The molecule has 0 saturated heterocycles. The molecule has 0 aliphatic carbocycles. The Morgan fingerprint density at radius 2 is 1.88 bits per heavy atom. The van der Waals surface area contributed by atoms with Gasteiger partial charge in [0.05, 0.1) is 11.8 Å². The third-order valence-corrected chi connectivity index (χ3v) is 4.10. The van der Waals surface area contributed by atoms with Crippen LogP contribution < -0.4 is 4.90 Å². The van der Waals surface area contributed by atoms with Gasteiger partial charge in [-0.1, -0.05) is 35.9 Å². The molecule has 6 heteroatoms. The summed E-state index contributed by atoms with van der Waals surface area (Å²) >= 11 is 6.03. The van der Waals surface area contributed by atoms with Gasteiger partial charge in [0.25, 0.3) is 0 Å². The van der Waals surface area contributed by atoms with Gasteiger partial charge in [0, 0.05) is 30.2 Å². The Kier molecular flexibility index (Phi) is 5.26. The van der Waals surface area contributed by atoms with Crippen LogP contribution in [0.1, 0.15) is 11.7 Å². The monoisotopic (exact) mass is 357 g/mol. The van der Waals surface area contributed by atoms with E-state index in [4.69, 9.17) is 11.6 Å². The summed E-state index contributed by atoms with van der Waals surface area (Å²) < 4.78 is 13.0. The van der Waals surface area contributed by atoms with Crippen LogP contribution in [-0.4, -0.2) is 28.7 Å². The first-order valence-corrected chi connectivity index (χ1v) is 8.13. The summed E-state index contributed by atoms with van der Waals surface area (Å²) in [6.45, 7) is 0.317. The van der Waals surface area contributed by atoms with Gasteiger partial charge in [-0.2, -0.15) is 0 Å². The van der Waals surface area contributed by atoms with Gasteiger partial charge in [-0.05, 0) is 29.8 Å². The van der Waals surface area contributed by atoms with E-state index in [0.717, 1.165) is 11.3 Å². The zero-order valence-electron chi connectivity index (χ0n) is 13.6. The van der Waals surface area contributed by atoms with Crippen LogP contribution >= 0.6 is 11.6 Å². The maximum Gasteiger partial charge on any atom is 0.132 e. The van der Waals surface area contributed by atoms with Gasteiger partial charge < -0.3 is 10.0 Å². The average Bonchev–Trinajstić information content (AvgIpc) is 2.62. The lowest BCUT2D eigenvalue weighted by molar-refractivity contribution is 0.184. The first-order chi connectivity index (χ1) is 12.0. The second-order valence-electron chi connectivity index (χ2n) is 5.72. The molecular formula is C19H17ClFN3O. The fourth-order valence-corrected chi connectivity index (χ4v) is 2.70. The number of hydrogen-bond donors (Lipinski definition) is 1. The van der Waals surface area contributed by atoms with Crippen molar-refractivity contribution in [1.29, 1.82) is 0 Å². The molecule has 128 valence electrons. The van der Waals surface area contributed by atoms with Gasteiger partial charge >= 0.3 is 0 Å². The van der Waals surface area contributed by atoms with Gasteiger partial charge in [0.2, 0.25) is 0 Å². The molecule has 0 aliphatic heterocycles. The highest BCUT2D eigenvalue weighted by atomic mass is 35.5. The molecule has 0 bridgehead atoms. The van der Waals surface area contributed by atoms with E-state index < -0.39 is 6.10 Å². The second-order valence-corrected chi connectivity index (χ2v) is 6.16. The number of halogens is 2. The minimum atomic E-state index is -0.754. The van der Waals surface area contributed by atoms with Crippen molar-refractivity contribution < 1.29 is 9.50 Å². The number of hydrogen-bond acceptors (Lipinski definition) is 4. The Labute approximate surface area is 150 Å². The minimum Gasteiger partial charge on any atom is -0.387 e. The predicted octanol–water partition coefficient (Wildman–Crippen LogP) is 4.11. The van der Waals surface area contributed by atoms with Crippen molar-refractivity contribution in [3.8, 4) is 11.3 Å². The smallest absolute Gasteiger partial charge is 0.132 e. The lowest BCUT2D eigenvalue weighted by Gasteiger charge is -2.22. The van der Waals surface area contributed by atoms with Crippen LogP contribution in [0.15, 0.2) is 60.9 Å². The summed E-state index contributed by atoms with van der Waals surface area (Å²) in [5, 5.41) is 11.0. The molecular weight excluding hydrogens is 341 g/mol. The molecule has 0 fully saturated rings. The number of rotatable bonds is 5. The fraction of sp³-hybridized carbons (Fsp3) is 0.158. The van der Waals surface area contributed by atoms with E-state index in [2.05, 4.69) is 9.97 Å². The lowest BCUT2D eigenvalue weighted by atomic mass is 10.1. The fourth-order valence-electron chi connectivity index (χ4n) is 2.50. The molecule has 1 N–H and O–H groups in total. The summed E-state index contributed by atoms with van der Waals surface area (Å²) in [5.74, 6) is 0.345. The van der Waals surface area contributed by atoms with E-state index in [1.165, 1.54) is 18.5 Å². The number of aromatic nitrogens is 2. The molecule has 1 heterocycles. The van der Waals surface area contributed by atoms with Crippen molar-refractivity contribution in [2.75, 3.05) is 18.5 Å². The summed E-state index contributed by atoms with van der Waals surface area (Å²) in [7, 11) is 1.83. The lowest BCUT2D eigenvalue weighted by Crippen LogP contribution is -2.25. The quantitative estimate of drug-likeness (QED) is 0.746. The number of nitrogens with zero attached hydrogens (tertiary/aromatic N) is 3. The third kappa shape index (κ3) is 4.32. The van der Waals surface area contributed by atoms with E-state index in [1.54, 1.807) is 18.2 Å². The Hall–Kier alpha value is -2.50. The van der Waals surface area contributed by atoms with E-state index in [9.17, 15) is 9.50 Å². The molecule has 0 amide bonds. The molecule has 3 aromatic rings. The number of aliphatic hydroxyl groups excluding tert-OH is 1. The van der Waals surface area contributed by atoms with Gasteiger partial charge in [0.15, 0.2) is 0 Å².